The van der Waals surface area contributed by atoms with Crippen molar-refractivity contribution in [3.05, 3.63) is 405 Å². The summed E-state index contributed by atoms with van der Waals surface area (Å²) in [5.41, 5.74) is 24.2. The summed E-state index contributed by atoms with van der Waals surface area (Å²) in [4.78, 5) is 9.21. The highest BCUT2D eigenvalue weighted by atomic mass is 16.3. The van der Waals surface area contributed by atoms with E-state index in [2.05, 4.69) is 408 Å². The molecule has 101 heavy (non-hydrogen) atoms. The molecule has 15 aromatic carbocycles. The summed E-state index contributed by atoms with van der Waals surface area (Å²) in [7, 11) is 0. The summed E-state index contributed by atoms with van der Waals surface area (Å²) in [6, 6.07) is 139. The van der Waals surface area contributed by atoms with Crippen LogP contribution in [-0.4, -0.2) is 4.57 Å². The van der Waals surface area contributed by atoms with Crippen LogP contribution in [0.1, 0.15) is 30.9 Å². The number of hydrogen-bond acceptors (Lipinski definition) is 5. The third-order valence-corrected chi connectivity index (χ3v) is 18.5. The molecule has 0 unspecified atom stereocenters. The Morgan fingerprint density at radius 2 is 0.574 bits per heavy atom. The molecule has 0 spiro atoms. The zero-order valence-corrected chi connectivity index (χ0v) is 56.8. The number of para-hydroxylation sites is 9. The van der Waals surface area contributed by atoms with Crippen LogP contribution in [0.5, 0.6) is 0 Å². The van der Waals surface area contributed by atoms with E-state index in [1.54, 1.807) is 0 Å². The molecule has 0 N–H and O–H groups in total. The lowest BCUT2D eigenvalue weighted by atomic mass is 10.0. The zero-order chi connectivity index (χ0) is 68.1. The third kappa shape index (κ3) is 14.2. The Bertz CT molecular complexity index is 5400. The van der Waals surface area contributed by atoms with Crippen LogP contribution >= 0.6 is 0 Å². The SMILES string of the molecule is CCCCc1ccc(N(c2ccccc2)c2ccc(-c3ccc(N(c4ccccc4)c4ccc(C)cc4)cc3)cc2)cc1.c1ccc(N(c2ccccc2)c2ccc3c(c2)c2ccccc2n3-c2ccccc2)cc1.c1ccc(N(c2ccccc2)c2ccc3oc4ccccc4c3c2)cc1. The molecule has 17 aromatic rings. The predicted molar refractivity (Wildman–Crippen MR) is 428 cm³/mol. The van der Waals surface area contributed by atoms with Crippen LogP contribution in [-0.2, 0) is 6.42 Å². The van der Waals surface area contributed by atoms with Crippen LogP contribution in [0.4, 0.5) is 68.2 Å². The monoisotopic (exact) mass is 1300 g/mol. The van der Waals surface area contributed by atoms with Crippen molar-refractivity contribution in [1.82, 2.24) is 4.57 Å². The fourth-order valence-corrected chi connectivity index (χ4v) is 13.6. The number of rotatable bonds is 17. The van der Waals surface area contributed by atoms with Gasteiger partial charge in [0.25, 0.3) is 0 Å². The number of aryl methyl sites for hydroxylation is 2. The molecule has 6 heteroatoms. The van der Waals surface area contributed by atoms with Crippen LogP contribution in [0.2, 0.25) is 0 Å². The van der Waals surface area contributed by atoms with E-state index in [1.165, 1.54) is 68.3 Å². The first kappa shape index (κ1) is 64.1. The molecule has 6 nitrogen and oxygen atoms in total. The van der Waals surface area contributed by atoms with Gasteiger partial charge >= 0.3 is 0 Å². The Balaban J connectivity index is 0.000000127. The minimum Gasteiger partial charge on any atom is -0.456 e. The van der Waals surface area contributed by atoms with E-state index in [0.717, 1.165) is 90.9 Å². The maximum Gasteiger partial charge on any atom is 0.135 e. The summed E-state index contributed by atoms with van der Waals surface area (Å²) in [5, 5.41) is 4.79. The van der Waals surface area contributed by atoms with Crippen molar-refractivity contribution in [2.45, 2.75) is 33.1 Å². The number of nitrogens with zero attached hydrogens (tertiary/aromatic N) is 5. The van der Waals surface area contributed by atoms with E-state index in [0.29, 0.717) is 0 Å². The van der Waals surface area contributed by atoms with Gasteiger partial charge in [0.05, 0.1) is 11.0 Å². The second-order valence-electron chi connectivity index (χ2n) is 25.2. The van der Waals surface area contributed by atoms with Gasteiger partial charge in [-0.05, 0) is 218 Å². The molecule has 2 heterocycles. The van der Waals surface area contributed by atoms with Gasteiger partial charge in [-0.2, -0.15) is 0 Å². The largest absolute Gasteiger partial charge is 0.456 e. The molecule has 0 fully saturated rings. The van der Waals surface area contributed by atoms with E-state index in [9.17, 15) is 0 Å². The van der Waals surface area contributed by atoms with Crippen LogP contribution in [0.15, 0.2) is 399 Å². The third-order valence-electron chi connectivity index (χ3n) is 18.5. The summed E-state index contributed by atoms with van der Waals surface area (Å²) < 4.78 is 8.33. The molecular formula is C95H77N5O. The van der Waals surface area contributed by atoms with Gasteiger partial charge in [0, 0.05) is 95.5 Å². The second kappa shape index (κ2) is 30.2. The van der Waals surface area contributed by atoms with Crippen molar-refractivity contribution < 1.29 is 4.42 Å². The molecule has 0 saturated heterocycles. The van der Waals surface area contributed by atoms with Crippen molar-refractivity contribution in [3.8, 4) is 16.8 Å². The Labute approximate surface area is 592 Å². The second-order valence-corrected chi connectivity index (χ2v) is 25.2. The first-order valence-corrected chi connectivity index (χ1v) is 34.9. The van der Waals surface area contributed by atoms with E-state index in [1.807, 2.05) is 24.3 Å². The van der Waals surface area contributed by atoms with Gasteiger partial charge < -0.3 is 28.6 Å². The molecule has 0 aliphatic carbocycles. The number of aromatic nitrogens is 1. The number of fused-ring (bicyclic) bond motifs is 6. The van der Waals surface area contributed by atoms with E-state index < -0.39 is 0 Å². The summed E-state index contributed by atoms with van der Waals surface area (Å²) in [6.45, 7) is 4.37. The minimum absolute atomic E-state index is 0.913. The summed E-state index contributed by atoms with van der Waals surface area (Å²) >= 11 is 0. The number of anilines is 12. The standard InChI is InChI=1S/C41H38N2.C30H22N2.C24H17NO/c1-3-4-11-33-18-26-39(27-19-33)43(37-14-9-6-10-15-37)41-30-22-35(23-31-41)34-20-28-40(29-21-34)42(36-12-7-5-8-13-36)38-24-16-32(2)17-25-38;1-4-12-23(13-5-1)31(24-14-6-2-7-15-24)26-20-21-30-28(22-26)27-18-10-11-19-29(27)32(30)25-16-8-3-9-17-25;1-3-9-18(10-4-1)25(19-11-5-2-6-12-19)20-15-16-24-22(17-20)21-13-7-8-14-23(21)26-24/h5-10,12-31H,3-4,11H2,1-2H3;1-22H;1-17H. The molecular weight excluding hydrogens is 1230 g/mol. The van der Waals surface area contributed by atoms with Gasteiger partial charge in [0.1, 0.15) is 11.2 Å². The average molecular weight is 1300 g/mol. The fourth-order valence-electron chi connectivity index (χ4n) is 13.6. The van der Waals surface area contributed by atoms with Gasteiger partial charge in [-0.3, -0.25) is 0 Å². The maximum atomic E-state index is 5.98. The topological polar surface area (TPSA) is 31.0 Å². The van der Waals surface area contributed by atoms with Crippen LogP contribution < -0.4 is 19.6 Å². The van der Waals surface area contributed by atoms with Crippen LogP contribution in [0.3, 0.4) is 0 Å². The fraction of sp³-hybridized carbons (Fsp3) is 0.0526. The lowest BCUT2D eigenvalue weighted by molar-refractivity contribution is 0.669. The van der Waals surface area contributed by atoms with E-state index in [4.69, 9.17) is 4.42 Å². The van der Waals surface area contributed by atoms with Gasteiger partial charge in [-0.1, -0.05) is 231 Å². The molecule has 0 atom stereocenters. The van der Waals surface area contributed by atoms with Gasteiger partial charge in [0.2, 0.25) is 0 Å². The number of benzene rings is 15. The molecule has 2 aromatic heterocycles. The highest BCUT2D eigenvalue weighted by Crippen LogP contribution is 2.43. The van der Waals surface area contributed by atoms with Crippen molar-refractivity contribution in [3.63, 3.8) is 0 Å². The normalized spacial score (nSPS) is 11.0. The van der Waals surface area contributed by atoms with Gasteiger partial charge in [-0.15, -0.1) is 0 Å². The van der Waals surface area contributed by atoms with Gasteiger partial charge in [-0.25, -0.2) is 0 Å². The first-order chi connectivity index (χ1) is 50.0. The van der Waals surface area contributed by atoms with Crippen LogP contribution in [0, 0.1) is 6.92 Å². The van der Waals surface area contributed by atoms with Crippen molar-refractivity contribution >= 4 is 112 Å². The lowest BCUT2D eigenvalue weighted by Gasteiger charge is -2.26. The molecule has 17 rings (SSSR count). The Morgan fingerprint density at radius 1 is 0.257 bits per heavy atom. The summed E-state index contributed by atoms with van der Waals surface area (Å²) in [5.74, 6) is 0. The smallest absolute Gasteiger partial charge is 0.135 e. The quantitative estimate of drug-likeness (QED) is 0.0907. The van der Waals surface area contributed by atoms with Crippen molar-refractivity contribution in [2.24, 2.45) is 0 Å². The molecule has 0 aliphatic heterocycles. The Hall–Kier alpha value is -12.9. The van der Waals surface area contributed by atoms with E-state index in [-0.39, 0.29) is 0 Å². The molecule has 488 valence electrons. The Morgan fingerprint density at radius 3 is 1.02 bits per heavy atom. The zero-order valence-electron chi connectivity index (χ0n) is 56.8. The first-order valence-electron chi connectivity index (χ1n) is 34.9. The summed E-state index contributed by atoms with van der Waals surface area (Å²) in [6.07, 6.45) is 3.56. The highest BCUT2D eigenvalue weighted by molar-refractivity contribution is 6.11. The Kier molecular flexibility index (Phi) is 19.2. The maximum absolute atomic E-state index is 5.98. The lowest BCUT2D eigenvalue weighted by Crippen LogP contribution is -2.10. The number of hydrogen-bond donors (Lipinski definition) is 0. The minimum atomic E-state index is 0.913. The predicted octanol–water partition coefficient (Wildman–Crippen LogP) is 27.3. The molecule has 0 amide bonds. The van der Waals surface area contributed by atoms with Crippen LogP contribution in [0.25, 0.3) is 60.6 Å². The molecule has 0 radical (unpaired) electrons. The van der Waals surface area contributed by atoms with Crippen molar-refractivity contribution in [2.75, 3.05) is 19.6 Å². The molecule has 0 bridgehead atoms. The van der Waals surface area contributed by atoms with E-state index >= 15 is 0 Å². The average Bonchev–Trinajstić information content (AvgIpc) is 1.61. The van der Waals surface area contributed by atoms with Gasteiger partial charge in [0.15, 0.2) is 0 Å². The molecule has 0 saturated carbocycles. The van der Waals surface area contributed by atoms with Crippen molar-refractivity contribution in [1.29, 1.82) is 0 Å². The number of unbranched alkanes of at least 4 members (excludes halogenated alkanes) is 1. The number of furan rings is 1. The highest BCUT2D eigenvalue weighted by Gasteiger charge is 2.20. The molecule has 0 aliphatic rings.